The highest BCUT2D eigenvalue weighted by Crippen LogP contribution is 2.17. The molecule has 0 fully saturated rings. The molecule has 0 aliphatic rings. The number of nitrogens with one attached hydrogen (secondary N) is 2. The van der Waals surface area contributed by atoms with Crippen molar-refractivity contribution < 1.29 is 0 Å². The van der Waals surface area contributed by atoms with Gasteiger partial charge in [0.15, 0.2) is 5.96 Å². The summed E-state index contributed by atoms with van der Waals surface area (Å²) in [4.78, 5) is 6.89. The first-order chi connectivity index (χ1) is 9.73. The van der Waals surface area contributed by atoms with Crippen molar-refractivity contribution >= 4 is 5.96 Å². The second kappa shape index (κ2) is 7.45. The molecule has 1 heterocycles. The number of aromatic nitrogens is 2. The molecule has 6 nitrogen and oxygen atoms in total. The first-order valence-electron chi connectivity index (χ1n) is 7.44. The fourth-order valence-electron chi connectivity index (χ4n) is 2.02. The Bertz CT molecular complexity index is 455. The van der Waals surface area contributed by atoms with Crippen molar-refractivity contribution in [2.24, 2.45) is 12.0 Å². The molecule has 0 bridgehead atoms. The molecule has 120 valence electrons. The van der Waals surface area contributed by atoms with Crippen molar-refractivity contribution in [3.05, 3.63) is 18.0 Å². The van der Waals surface area contributed by atoms with E-state index in [2.05, 4.69) is 62.4 Å². The van der Waals surface area contributed by atoms with Crippen LogP contribution in [0.3, 0.4) is 0 Å². The molecule has 0 radical (unpaired) electrons. The van der Waals surface area contributed by atoms with Gasteiger partial charge in [0.05, 0.1) is 18.8 Å². The number of hydrogen-bond acceptors (Lipinski definition) is 3. The minimum absolute atomic E-state index is 0.0110. The van der Waals surface area contributed by atoms with Crippen LogP contribution >= 0.6 is 0 Å². The maximum atomic E-state index is 4.72. The molecule has 1 rings (SSSR count). The number of likely N-dealkylation sites (N-methyl/N-ethyl adjacent to an activating group) is 1. The monoisotopic (exact) mass is 294 g/mol. The largest absolute Gasteiger partial charge is 0.357 e. The van der Waals surface area contributed by atoms with E-state index in [0.717, 1.165) is 12.5 Å². The van der Waals surface area contributed by atoms with E-state index in [9.17, 15) is 0 Å². The van der Waals surface area contributed by atoms with Gasteiger partial charge in [0.1, 0.15) is 0 Å². The van der Waals surface area contributed by atoms with E-state index in [1.165, 1.54) is 5.56 Å². The minimum atomic E-state index is -0.0110. The second-order valence-electron chi connectivity index (χ2n) is 6.52. The van der Waals surface area contributed by atoms with E-state index in [1.54, 1.807) is 0 Å². The lowest BCUT2D eigenvalue weighted by Crippen LogP contribution is -2.47. The standard InChI is InChI=1S/C15H30N6/c1-8-16-14(19-15(2,3)4)17-10-13(20(5)6)12-9-18-21(7)11-12/h9,11,13H,8,10H2,1-7H3,(H2,16,17,19). The van der Waals surface area contributed by atoms with E-state index in [4.69, 9.17) is 4.99 Å². The van der Waals surface area contributed by atoms with Gasteiger partial charge in [-0.05, 0) is 41.8 Å². The van der Waals surface area contributed by atoms with Crippen molar-refractivity contribution in [1.29, 1.82) is 0 Å². The van der Waals surface area contributed by atoms with Crippen LogP contribution < -0.4 is 10.6 Å². The Balaban J connectivity index is 2.83. The zero-order chi connectivity index (χ0) is 16.0. The molecule has 1 aromatic rings. The van der Waals surface area contributed by atoms with Crippen LogP contribution in [0.1, 0.15) is 39.3 Å². The lowest BCUT2D eigenvalue weighted by atomic mass is 10.1. The van der Waals surface area contributed by atoms with Crippen LogP contribution in [-0.4, -0.2) is 53.4 Å². The van der Waals surface area contributed by atoms with Gasteiger partial charge in [0.2, 0.25) is 0 Å². The summed E-state index contributed by atoms with van der Waals surface area (Å²) in [6, 6.07) is 0.217. The van der Waals surface area contributed by atoms with Gasteiger partial charge >= 0.3 is 0 Å². The van der Waals surface area contributed by atoms with E-state index in [-0.39, 0.29) is 11.6 Å². The van der Waals surface area contributed by atoms with Crippen LogP contribution in [0.5, 0.6) is 0 Å². The van der Waals surface area contributed by atoms with Crippen LogP contribution in [-0.2, 0) is 7.05 Å². The zero-order valence-electron chi connectivity index (χ0n) is 14.4. The summed E-state index contributed by atoms with van der Waals surface area (Å²) in [7, 11) is 6.07. The van der Waals surface area contributed by atoms with Crippen LogP contribution in [0.15, 0.2) is 17.4 Å². The molecule has 0 spiro atoms. The predicted molar refractivity (Wildman–Crippen MR) is 88.5 cm³/mol. The molecule has 1 unspecified atom stereocenters. The quantitative estimate of drug-likeness (QED) is 0.636. The third-order valence-electron chi connectivity index (χ3n) is 2.99. The third kappa shape index (κ3) is 6.16. The summed E-state index contributed by atoms with van der Waals surface area (Å²) in [5.74, 6) is 0.848. The van der Waals surface area contributed by atoms with Gasteiger partial charge in [-0.25, -0.2) is 0 Å². The highest BCUT2D eigenvalue weighted by atomic mass is 15.3. The fraction of sp³-hybridized carbons (Fsp3) is 0.733. The molecule has 21 heavy (non-hydrogen) atoms. The number of rotatable bonds is 5. The number of guanidine groups is 1. The number of aliphatic imine (C=N–C) groups is 1. The topological polar surface area (TPSA) is 57.5 Å². The van der Waals surface area contributed by atoms with Crippen molar-refractivity contribution in [2.45, 2.75) is 39.3 Å². The first kappa shape index (κ1) is 17.5. The number of aryl methyl sites for hydroxylation is 1. The lowest BCUT2D eigenvalue weighted by Gasteiger charge is -2.25. The summed E-state index contributed by atoms with van der Waals surface area (Å²) in [6.07, 6.45) is 3.95. The first-order valence-corrected chi connectivity index (χ1v) is 7.44. The van der Waals surface area contributed by atoms with Crippen LogP contribution in [0.4, 0.5) is 0 Å². The molecule has 1 atom stereocenters. The van der Waals surface area contributed by atoms with Gasteiger partial charge in [0, 0.05) is 30.9 Å². The SMILES string of the molecule is CCNC(=NCC(c1cnn(C)c1)N(C)C)NC(C)(C)C. The highest BCUT2D eigenvalue weighted by molar-refractivity contribution is 5.80. The third-order valence-corrected chi connectivity index (χ3v) is 2.99. The predicted octanol–water partition coefficient (Wildman–Crippen LogP) is 1.38. The Morgan fingerprint density at radius 2 is 2.10 bits per heavy atom. The molecule has 0 saturated carbocycles. The van der Waals surface area contributed by atoms with E-state index in [0.29, 0.717) is 6.54 Å². The zero-order valence-corrected chi connectivity index (χ0v) is 14.4. The smallest absolute Gasteiger partial charge is 0.191 e. The average Bonchev–Trinajstić information content (AvgIpc) is 2.73. The fourth-order valence-corrected chi connectivity index (χ4v) is 2.02. The lowest BCUT2D eigenvalue weighted by molar-refractivity contribution is 0.306. The Morgan fingerprint density at radius 1 is 1.43 bits per heavy atom. The normalized spacial score (nSPS) is 14.4. The van der Waals surface area contributed by atoms with Crippen molar-refractivity contribution in [2.75, 3.05) is 27.2 Å². The van der Waals surface area contributed by atoms with Crippen LogP contribution in [0, 0.1) is 0 Å². The molecule has 6 heteroatoms. The minimum Gasteiger partial charge on any atom is -0.357 e. The second-order valence-corrected chi connectivity index (χ2v) is 6.52. The molecule has 1 aromatic heterocycles. The van der Waals surface area contributed by atoms with Gasteiger partial charge in [-0.15, -0.1) is 0 Å². The summed E-state index contributed by atoms with van der Waals surface area (Å²) in [5, 5.41) is 11.0. The molecule has 0 amide bonds. The molecule has 0 aliphatic carbocycles. The average molecular weight is 294 g/mol. The number of hydrogen-bond donors (Lipinski definition) is 2. The Labute approximate surface area is 128 Å². The molecule has 2 N–H and O–H groups in total. The van der Waals surface area contributed by atoms with Crippen LogP contribution in [0.2, 0.25) is 0 Å². The van der Waals surface area contributed by atoms with Gasteiger partial charge in [-0.2, -0.15) is 5.10 Å². The van der Waals surface area contributed by atoms with Gasteiger partial charge in [-0.1, -0.05) is 0 Å². The number of nitrogens with zero attached hydrogens (tertiary/aromatic N) is 4. The van der Waals surface area contributed by atoms with Gasteiger partial charge in [0.25, 0.3) is 0 Å². The Kier molecular flexibility index (Phi) is 6.20. The van der Waals surface area contributed by atoms with Crippen LogP contribution in [0.25, 0.3) is 0 Å². The maximum Gasteiger partial charge on any atom is 0.191 e. The molecular formula is C15H30N6. The van der Waals surface area contributed by atoms with Gasteiger partial charge < -0.3 is 15.5 Å². The van der Waals surface area contributed by atoms with Crippen molar-refractivity contribution in [3.8, 4) is 0 Å². The summed E-state index contributed by atoms with van der Waals surface area (Å²) in [5.41, 5.74) is 1.17. The highest BCUT2D eigenvalue weighted by Gasteiger charge is 2.17. The van der Waals surface area contributed by atoms with E-state index in [1.807, 2.05) is 24.1 Å². The Morgan fingerprint density at radius 3 is 2.52 bits per heavy atom. The molecular weight excluding hydrogens is 264 g/mol. The summed E-state index contributed by atoms with van der Waals surface area (Å²) in [6.45, 7) is 10.00. The van der Waals surface area contributed by atoms with Crippen molar-refractivity contribution in [3.63, 3.8) is 0 Å². The maximum absolute atomic E-state index is 4.72. The molecule has 0 aromatic carbocycles. The van der Waals surface area contributed by atoms with E-state index < -0.39 is 0 Å². The molecule has 0 aliphatic heterocycles. The molecule has 0 saturated heterocycles. The van der Waals surface area contributed by atoms with E-state index >= 15 is 0 Å². The summed E-state index contributed by atoms with van der Waals surface area (Å²) < 4.78 is 1.83. The summed E-state index contributed by atoms with van der Waals surface area (Å²) >= 11 is 0. The van der Waals surface area contributed by atoms with Gasteiger partial charge in [-0.3, -0.25) is 9.67 Å². The Hall–Kier alpha value is -1.56. The van der Waals surface area contributed by atoms with Crippen molar-refractivity contribution in [1.82, 2.24) is 25.3 Å².